The molecule has 2 aromatic carbocycles. The number of halogens is 1. The van der Waals surface area contributed by atoms with Crippen molar-refractivity contribution in [3.05, 3.63) is 82.4 Å². The lowest BCUT2D eigenvalue weighted by atomic mass is 9.93. The van der Waals surface area contributed by atoms with Crippen molar-refractivity contribution in [2.24, 2.45) is 13.0 Å². The lowest BCUT2D eigenvalue weighted by Gasteiger charge is -2.32. The van der Waals surface area contributed by atoms with Gasteiger partial charge < -0.3 is 9.47 Å². The quantitative estimate of drug-likeness (QED) is 0.511. The second-order valence-corrected chi connectivity index (χ2v) is 8.72. The molecule has 1 amide bonds. The maximum absolute atomic E-state index is 14.3. The van der Waals surface area contributed by atoms with Gasteiger partial charge in [-0.25, -0.2) is 18.9 Å². The molecule has 0 atom stereocenters. The topological polar surface area (TPSA) is 75.9 Å². The van der Waals surface area contributed by atoms with Crippen LogP contribution in [0.3, 0.4) is 0 Å². The number of carbonyl (C=O) groups is 1. The number of H-pyrrole nitrogens is 1. The fraction of sp³-hybridized carbons (Fsp3) is 0.320. The van der Waals surface area contributed by atoms with E-state index < -0.39 is 11.5 Å². The number of likely N-dealkylation sites (tertiary alicyclic amines) is 1. The van der Waals surface area contributed by atoms with Gasteiger partial charge in [0.05, 0.1) is 12.1 Å². The predicted molar refractivity (Wildman–Crippen MR) is 124 cm³/mol. The summed E-state index contributed by atoms with van der Waals surface area (Å²) in [4.78, 5) is 27.2. The van der Waals surface area contributed by atoms with Gasteiger partial charge in [-0.05, 0) is 42.5 Å². The van der Waals surface area contributed by atoms with Gasteiger partial charge in [0.1, 0.15) is 11.6 Å². The molecule has 33 heavy (non-hydrogen) atoms. The molecule has 2 aromatic heterocycles. The summed E-state index contributed by atoms with van der Waals surface area (Å²) in [7, 11) is 2.00. The van der Waals surface area contributed by atoms with Crippen LogP contribution in [0.15, 0.2) is 59.5 Å². The number of carbonyl (C=O) groups excluding carboxylic acids is 1. The Bertz CT molecular complexity index is 1360. The summed E-state index contributed by atoms with van der Waals surface area (Å²) in [5.41, 5.74) is 1.93. The number of nitrogens with one attached hydrogen (secondary N) is 1. The molecule has 8 heteroatoms. The first-order chi connectivity index (χ1) is 16.0. The highest BCUT2D eigenvalue weighted by atomic mass is 19.1. The minimum Gasteiger partial charge on any atom is -0.350 e. The zero-order valence-corrected chi connectivity index (χ0v) is 18.5. The minimum atomic E-state index is -0.462. The minimum absolute atomic E-state index is 0.132. The lowest BCUT2D eigenvalue weighted by Crippen LogP contribution is -2.40. The van der Waals surface area contributed by atoms with E-state index in [-0.39, 0.29) is 17.5 Å². The summed E-state index contributed by atoms with van der Waals surface area (Å²) in [6.45, 7) is 1.34. The van der Waals surface area contributed by atoms with Crippen molar-refractivity contribution in [1.82, 2.24) is 24.2 Å². The third-order valence-electron chi connectivity index (χ3n) is 6.59. The van der Waals surface area contributed by atoms with E-state index in [0.29, 0.717) is 31.8 Å². The molecule has 3 heterocycles. The fourth-order valence-corrected chi connectivity index (χ4v) is 4.83. The number of piperidine rings is 1. The van der Waals surface area contributed by atoms with Gasteiger partial charge in [-0.2, -0.15) is 5.10 Å². The molecule has 7 nitrogen and oxygen atoms in total. The first-order valence-electron chi connectivity index (χ1n) is 11.2. The van der Waals surface area contributed by atoms with Crippen molar-refractivity contribution in [3.63, 3.8) is 0 Å². The summed E-state index contributed by atoms with van der Waals surface area (Å²) >= 11 is 0. The SMILES string of the molecule is Cn1cc(CC(=O)N2CCC(Cc3n[nH]c(=O)n3-c3ccccc3F)CC2)c2ccccc21. The fourth-order valence-electron chi connectivity index (χ4n) is 4.83. The number of rotatable bonds is 5. The molecule has 0 spiro atoms. The smallest absolute Gasteiger partial charge is 0.348 e. The van der Waals surface area contributed by atoms with E-state index in [1.807, 2.05) is 30.3 Å². The van der Waals surface area contributed by atoms with Gasteiger partial charge in [0.15, 0.2) is 0 Å². The van der Waals surface area contributed by atoms with Crippen LogP contribution >= 0.6 is 0 Å². The van der Waals surface area contributed by atoms with Crippen LogP contribution in [0.5, 0.6) is 0 Å². The molecule has 0 bridgehead atoms. The second kappa shape index (κ2) is 8.69. The number of aromatic nitrogens is 4. The summed E-state index contributed by atoms with van der Waals surface area (Å²) in [6.07, 6.45) is 4.62. The van der Waals surface area contributed by atoms with E-state index >= 15 is 0 Å². The summed E-state index contributed by atoms with van der Waals surface area (Å²) in [5.74, 6) is 0.460. The highest BCUT2D eigenvalue weighted by Crippen LogP contribution is 2.25. The highest BCUT2D eigenvalue weighted by molar-refractivity contribution is 5.89. The van der Waals surface area contributed by atoms with E-state index in [9.17, 15) is 14.0 Å². The molecule has 1 saturated heterocycles. The van der Waals surface area contributed by atoms with Gasteiger partial charge in [-0.1, -0.05) is 30.3 Å². The van der Waals surface area contributed by atoms with Gasteiger partial charge in [0, 0.05) is 43.7 Å². The maximum Gasteiger partial charge on any atom is 0.348 e. The molecule has 5 rings (SSSR count). The van der Waals surface area contributed by atoms with Crippen molar-refractivity contribution in [2.75, 3.05) is 13.1 Å². The van der Waals surface area contributed by atoms with E-state index in [4.69, 9.17) is 0 Å². The lowest BCUT2D eigenvalue weighted by molar-refractivity contribution is -0.131. The molecular weight excluding hydrogens is 421 g/mol. The normalized spacial score (nSPS) is 14.8. The van der Waals surface area contributed by atoms with Crippen LogP contribution in [0.1, 0.15) is 24.2 Å². The van der Waals surface area contributed by atoms with Crippen molar-refractivity contribution < 1.29 is 9.18 Å². The number of amides is 1. The Hall–Kier alpha value is -3.68. The second-order valence-electron chi connectivity index (χ2n) is 8.72. The highest BCUT2D eigenvalue weighted by Gasteiger charge is 2.26. The van der Waals surface area contributed by atoms with Crippen LogP contribution in [0.25, 0.3) is 16.6 Å². The number of para-hydroxylation sites is 2. The van der Waals surface area contributed by atoms with Crippen LogP contribution in [0.2, 0.25) is 0 Å². The average molecular weight is 448 g/mol. The summed E-state index contributed by atoms with van der Waals surface area (Å²) in [5, 5.41) is 7.71. The first kappa shape index (κ1) is 21.2. The van der Waals surface area contributed by atoms with Crippen LogP contribution in [-0.2, 0) is 24.7 Å². The third-order valence-corrected chi connectivity index (χ3v) is 6.59. The van der Waals surface area contributed by atoms with Gasteiger partial charge in [0.2, 0.25) is 5.91 Å². The molecule has 1 fully saturated rings. The monoisotopic (exact) mass is 447 g/mol. The molecular formula is C25H26FN5O2. The molecule has 0 aliphatic carbocycles. The van der Waals surface area contributed by atoms with Crippen molar-refractivity contribution in [1.29, 1.82) is 0 Å². The van der Waals surface area contributed by atoms with E-state index in [2.05, 4.69) is 26.9 Å². The molecule has 1 aliphatic rings. The first-order valence-corrected chi connectivity index (χ1v) is 11.2. The largest absolute Gasteiger partial charge is 0.350 e. The predicted octanol–water partition coefficient (Wildman–Crippen LogP) is 3.22. The standard InChI is InChI=1S/C25H26FN5O2/c1-29-16-18(19-6-2-4-8-21(19)29)15-24(32)30-12-10-17(11-13-30)14-23-27-28-25(33)31(23)22-9-5-3-7-20(22)26/h2-9,16-17H,10-15H2,1H3,(H,28,33). The summed E-state index contributed by atoms with van der Waals surface area (Å²) in [6, 6.07) is 14.3. The van der Waals surface area contributed by atoms with Gasteiger partial charge in [-0.3, -0.25) is 4.79 Å². The number of aryl methyl sites for hydroxylation is 1. The number of aromatic amines is 1. The Balaban J connectivity index is 1.24. The van der Waals surface area contributed by atoms with E-state index in [1.165, 1.54) is 10.6 Å². The maximum atomic E-state index is 14.3. The van der Waals surface area contributed by atoms with Gasteiger partial charge in [-0.15, -0.1) is 0 Å². The van der Waals surface area contributed by atoms with E-state index in [0.717, 1.165) is 29.3 Å². The van der Waals surface area contributed by atoms with E-state index in [1.54, 1.807) is 18.2 Å². The Labute approximate surface area is 190 Å². The molecule has 0 radical (unpaired) electrons. The number of benzene rings is 2. The van der Waals surface area contributed by atoms with Crippen molar-refractivity contribution in [2.45, 2.75) is 25.7 Å². The average Bonchev–Trinajstić information content (AvgIpc) is 3.34. The zero-order chi connectivity index (χ0) is 22.9. The summed E-state index contributed by atoms with van der Waals surface area (Å²) < 4.78 is 17.6. The molecule has 1 N–H and O–H groups in total. The molecule has 170 valence electrons. The van der Waals surface area contributed by atoms with Crippen LogP contribution in [0, 0.1) is 11.7 Å². The van der Waals surface area contributed by atoms with Crippen molar-refractivity contribution in [3.8, 4) is 5.69 Å². The molecule has 4 aromatic rings. The van der Waals surface area contributed by atoms with Crippen molar-refractivity contribution >= 4 is 16.8 Å². The number of fused-ring (bicyclic) bond motifs is 1. The molecule has 1 aliphatic heterocycles. The third kappa shape index (κ3) is 4.08. The Kier molecular flexibility index (Phi) is 5.58. The number of hydrogen-bond donors (Lipinski definition) is 1. The zero-order valence-electron chi connectivity index (χ0n) is 18.5. The Morgan fingerprint density at radius 1 is 1.12 bits per heavy atom. The van der Waals surface area contributed by atoms with Crippen LogP contribution in [0.4, 0.5) is 4.39 Å². The molecule has 0 saturated carbocycles. The van der Waals surface area contributed by atoms with Crippen LogP contribution < -0.4 is 5.69 Å². The number of hydrogen-bond acceptors (Lipinski definition) is 3. The number of nitrogens with zero attached hydrogens (tertiary/aromatic N) is 4. The Morgan fingerprint density at radius 2 is 1.85 bits per heavy atom. The Morgan fingerprint density at radius 3 is 2.64 bits per heavy atom. The van der Waals surface area contributed by atoms with Crippen LogP contribution in [-0.4, -0.2) is 43.2 Å². The molecule has 0 unspecified atom stereocenters. The van der Waals surface area contributed by atoms with Gasteiger partial charge >= 0.3 is 5.69 Å². The van der Waals surface area contributed by atoms with Gasteiger partial charge in [0.25, 0.3) is 0 Å².